The van der Waals surface area contributed by atoms with Crippen LogP contribution in [0.1, 0.15) is 58.8 Å². The minimum Gasteiger partial charge on any atom is -0.385 e. The van der Waals surface area contributed by atoms with Crippen LogP contribution >= 0.6 is 0 Å². The predicted octanol–water partition coefficient (Wildman–Crippen LogP) is 4.11. The number of halogens is 1. The fraction of sp³-hybridized carbons (Fsp3) is 0.714. The van der Waals surface area contributed by atoms with Gasteiger partial charge in [0, 0.05) is 37.1 Å². The summed E-state index contributed by atoms with van der Waals surface area (Å²) in [5, 5.41) is 3.02. The highest BCUT2D eigenvalue weighted by atomic mass is 32.2. The van der Waals surface area contributed by atoms with Crippen molar-refractivity contribution < 1.29 is 12.8 Å². The Morgan fingerprint density at radius 1 is 1.07 bits per heavy atom. The van der Waals surface area contributed by atoms with E-state index in [0.717, 1.165) is 56.7 Å². The summed E-state index contributed by atoms with van der Waals surface area (Å²) in [6.07, 6.45) is 7.28. The number of nitrogens with one attached hydrogen (secondary N) is 2. The van der Waals surface area contributed by atoms with Gasteiger partial charge >= 0.3 is 0 Å². The zero-order valence-electron chi connectivity index (χ0n) is 17.1. The Kier molecular flexibility index (Phi) is 7.20. The van der Waals surface area contributed by atoms with Crippen LogP contribution < -0.4 is 14.9 Å². The molecule has 1 saturated heterocycles. The average molecular weight is 412 g/mol. The van der Waals surface area contributed by atoms with Gasteiger partial charge in [-0.25, -0.2) is 17.5 Å². The smallest absolute Gasteiger partial charge is 0.214 e. The highest BCUT2D eigenvalue weighted by molar-refractivity contribution is 7.90. The summed E-state index contributed by atoms with van der Waals surface area (Å²) in [6, 6.07) is 5.29. The van der Waals surface area contributed by atoms with Gasteiger partial charge < -0.3 is 10.2 Å². The predicted molar refractivity (Wildman–Crippen MR) is 114 cm³/mol. The number of rotatable bonds is 7. The first-order chi connectivity index (χ1) is 13.3. The van der Waals surface area contributed by atoms with Gasteiger partial charge in [0.1, 0.15) is 5.82 Å². The van der Waals surface area contributed by atoms with E-state index < -0.39 is 15.3 Å². The van der Waals surface area contributed by atoms with Crippen molar-refractivity contribution in [2.24, 2.45) is 5.92 Å². The molecule has 1 aromatic carbocycles. The standard InChI is InChI=1S/C21H34FN3O2S/c1-16(2)28(26,27)24-19-8-6-17(7-9-19)15-23-20-12-18(22)13-21(14-20)25-10-4-3-5-11-25/h12-14,16-17,19,23-24H,3-11,15H2,1-2H3/t17-,19-. The highest BCUT2D eigenvalue weighted by Crippen LogP contribution is 2.28. The first kappa shape index (κ1) is 21.4. The van der Waals surface area contributed by atoms with E-state index >= 15 is 0 Å². The molecule has 3 rings (SSSR count). The summed E-state index contributed by atoms with van der Waals surface area (Å²) in [6.45, 7) is 6.20. The van der Waals surface area contributed by atoms with Gasteiger partial charge in [-0.1, -0.05) is 0 Å². The molecule has 1 saturated carbocycles. The van der Waals surface area contributed by atoms with Gasteiger partial charge in [0.25, 0.3) is 0 Å². The van der Waals surface area contributed by atoms with Crippen LogP contribution in [-0.4, -0.2) is 39.3 Å². The van der Waals surface area contributed by atoms with E-state index in [9.17, 15) is 12.8 Å². The van der Waals surface area contributed by atoms with Crippen molar-refractivity contribution in [2.45, 2.75) is 70.1 Å². The van der Waals surface area contributed by atoms with Crippen molar-refractivity contribution in [1.29, 1.82) is 0 Å². The second kappa shape index (κ2) is 9.44. The van der Waals surface area contributed by atoms with Crippen LogP contribution in [0, 0.1) is 11.7 Å². The number of anilines is 2. The number of hydrogen-bond acceptors (Lipinski definition) is 4. The third-order valence-corrected chi connectivity index (χ3v) is 7.90. The van der Waals surface area contributed by atoms with Gasteiger partial charge in [-0.2, -0.15) is 0 Å². The zero-order valence-corrected chi connectivity index (χ0v) is 17.9. The van der Waals surface area contributed by atoms with Crippen LogP contribution in [0.2, 0.25) is 0 Å². The molecular weight excluding hydrogens is 377 g/mol. The van der Waals surface area contributed by atoms with Crippen molar-refractivity contribution in [3.8, 4) is 0 Å². The topological polar surface area (TPSA) is 61.4 Å². The van der Waals surface area contributed by atoms with Gasteiger partial charge in [-0.15, -0.1) is 0 Å². The fourth-order valence-electron chi connectivity index (χ4n) is 4.13. The zero-order chi connectivity index (χ0) is 20.1. The van der Waals surface area contributed by atoms with E-state index in [1.165, 1.54) is 19.3 Å². The molecule has 1 heterocycles. The SMILES string of the molecule is CC(C)S(=O)(=O)N[C@H]1CC[C@H](CNc2cc(F)cc(N3CCCCC3)c2)CC1. The first-order valence-electron chi connectivity index (χ1n) is 10.6. The Morgan fingerprint density at radius 2 is 1.75 bits per heavy atom. The number of piperidine rings is 1. The van der Waals surface area contributed by atoms with Crippen molar-refractivity contribution in [3.05, 3.63) is 24.0 Å². The van der Waals surface area contributed by atoms with Crippen molar-refractivity contribution in [3.63, 3.8) is 0 Å². The Hall–Kier alpha value is -1.34. The van der Waals surface area contributed by atoms with Crippen molar-refractivity contribution in [1.82, 2.24) is 4.72 Å². The molecule has 1 aliphatic carbocycles. The normalized spacial score (nSPS) is 23.8. The van der Waals surface area contributed by atoms with Crippen molar-refractivity contribution in [2.75, 3.05) is 29.9 Å². The molecule has 0 spiro atoms. The summed E-state index contributed by atoms with van der Waals surface area (Å²) in [7, 11) is -3.20. The van der Waals surface area contributed by atoms with Crippen molar-refractivity contribution >= 4 is 21.4 Å². The second-order valence-corrected chi connectivity index (χ2v) is 10.8. The van der Waals surface area contributed by atoms with Crippen LogP contribution in [0.3, 0.4) is 0 Å². The molecule has 0 radical (unpaired) electrons. The van der Waals surface area contributed by atoms with Crippen LogP contribution in [0.15, 0.2) is 18.2 Å². The van der Waals surface area contributed by atoms with E-state index in [2.05, 4.69) is 21.0 Å². The Balaban J connectivity index is 1.49. The molecule has 5 nitrogen and oxygen atoms in total. The lowest BCUT2D eigenvalue weighted by atomic mass is 9.86. The molecule has 0 bridgehead atoms. The summed E-state index contributed by atoms with van der Waals surface area (Å²) in [4.78, 5) is 2.27. The minimum absolute atomic E-state index is 0.0449. The van der Waals surface area contributed by atoms with E-state index in [4.69, 9.17) is 0 Å². The molecule has 2 aliphatic rings. The van der Waals surface area contributed by atoms with E-state index in [0.29, 0.717) is 5.92 Å². The van der Waals surface area contributed by atoms with E-state index in [1.807, 2.05) is 0 Å². The third kappa shape index (κ3) is 5.83. The number of benzene rings is 1. The lowest BCUT2D eigenvalue weighted by Gasteiger charge is -2.30. The molecule has 1 aromatic rings. The molecular formula is C21H34FN3O2S. The summed E-state index contributed by atoms with van der Waals surface area (Å²) >= 11 is 0. The largest absolute Gasteiger partial charge is 0.385 e. The average Bonchev–Trinajstić information content (AvgIpc) is 2.67. The summed E-state index contributed by atoms with van der Waals surface area (Å²) < 4.78 is 41.0. The molecule has 28 heavy (non-hydrogen) atoms. The first-order valence-corrected chi connectivity index (χ1v) is 12.2. The molecule has 0 unspecified atom stereocenters. The van der Waals surface area contributed by atoms with E-state index in [-0.39, 0.29) is 11.9 Å². The maximum Gasteiger partial charge on any atom is 0.214 e. The van der Waals surface area contributed by atoms with Crippen LogP contribution in [0.5, 0.6) is 0 Å². The summed E-state index contributed by atoms with van der Waals surface area (Å²) in [5.41, 5.74) is 1.80. The molecule has 0 atom stereocenters. The summed E-state index contributed by atoms with van der Waals surface area (Å²) in [5.74, 6) is 0.291. The van der Waals surface area contributed by atoms with Gasteiger partial charge in [-0.3, -0.25) is 0 Å². The maximum absolute atomic E-state index is 14.1. The quantitative estimate of drug-likeness (QED) is 0.709. The minimum atomic E-state index is -3.20. The van der Waals surface area contributed by atoms with Gasteiger partial charge in [-0.05, 0) is 82.9 Å². The van der Waals surface area contributed by atoms with Crippen LogP contribution in [0.25, 0.3) is 0 Å². The second-order valence-electron chi connectivity index (χ2n) is 8.56. The molecule has 0 amide bonds. The number of sulfonamides is 1. The van der Waals surface area contributed by atoms with Gasteiger partial charge in [0.15, 0.2) is 0 Å². The molecule has 2 N–H and O–H groups in total. The number of nitrogens with zero attached hydrogens (tertiary/aromatic N) is 1. The van der Waals surface area contributed by atoms with Gasteiger partial charge in [0.05, 0.1) is 5.25 Å². The molecule has 2 fully saturated rings. The van der Waals surface area contributed by atoms with Gasteiger partial charge in [0.2, 0.25) is 10.0 Å². The Morgan fingerprint density at radius 3 is 2.39 bits per heavy atom. The Labute approximate surface area is 169 Å². The van der Waals surface area contributed by atoms with Crippen LogP contribution in [-0.2, 0) is 10.0 Å². The van der Waals surface area contributed by atoms with Crippen LogP contribution in [0.4, 0.5) is 15.8 Å². The lowest BCUT2D eigenvalue weighted by molar-refractivity contribution is 0.323. The monoisotopic (exact) mass is 411 g/mol. The molecule has 7 heteroatoms. The van der Waals surface area contributed by atoms with E-state index in [1.54, 1.807) is 26.0 Å². The molecule has 0 aromatic heterocycles. The number of hydrogen-bond donors (Lipinski definition) is 2. The molecule has 158 valence electrons. The molecule has 1 aliphatic heterocycles. The third-order valence-electron chi connectivity index (χ3n) is 6.00. The maximum atomic E-state index is 14.1. The lowest BCUT2D eigenvalue weighted by Crippen LogP contribution is -2.41. The highest BCUT2D eigenvalue weighted by Gasteiger charge is 2.26. The Bertz CT molecular complexity index is 740. The fourth-order valence-corrected chi connectivity index (χ4v) is 5.10.